The molecular weight excluding hydrogens is 2020 g/mol. The SMILES string of the molecule is COc1cncc2c1[C@]1(O)[C@H](O)[C@H](C(=O)NCC(C)(C)O)[C@@H](c3ccccc3)[C@]1(c1ccc(Br)cc1)O2.COc1cncc2c1[C@]1(O)[C@H](O)[C@H](C(=O)NCC(C)(C)O)[C@@H](c3ccccc3)[C@]1(c1ccc(C#N)cc1)O2.COc1cncc2c1[C@]1(O)[C@H](O)[C@H](CNCC(C)(C)O)[C@@H](c3ccccc3)[C@]1(c1ccc(Br)cc1)O2.COc1cncc2c1[C@]1(O)[C@H](O)[C@H](CNCC(C)(C)O)[C@@H](c3ccccc3)[C@]1(c1ccc(C#N)cc1)O2. The minimum Gasteiger partial charge on any atom is -0.495 e. The van der Waals surface area contributed by atoms with E-state index < -0.39 is 151 Å². The van der Waals surface area contributed by atoms with Crippen LogP contribution in [0.2, 0.25) is 0 Å². The fourth-order valence-corrected chi connectivity index (χ4v) is 24.3. The van der Waals surface area contributed by atoms with E-state index >= 15 is 0 Å². The largest absolute Gasteiger partial charge is 0.495 e. The lowest BCUT2D eigenvalue weighted by Crippen LogP contribution is -2.52. The second-order valence-corrected chi connectivity index (χ2v) is 43.2. The molecule has 8 aliphatic rings. The predicted octanol–water partition coefficient (Wildman–Crippen LogP) is 11.1. The molecule has 2 amide bonds. The Morgan fingerprint density at radius 2 is 0.574 bits per heavy atom. The second kappa shape index (κ2) is 40.9. The van der Waals surface area contributed by atoms with Gasteiger partial charge in [0.2, 0.25) is 11.8 Å². The Kier molecular flexibility index (Phi) is 29.4. The number of carbonyl (C=O) groups excluding carboxylic acids is 2. The van der Waals surface area contributed by atoms with Crippen LogP contribution in [-0.4, -0.2) is 208 Å². The van der Waals surface area contributed by atoms with E-state index in [4.69, 9.17) is 37.9 Å². The van der Waals surface area contributed by atoms with Crippen LogP contribution in [0.5, 0.6) is 46.0 Å². The Morgan fingerprint density at radius 1 is 0.345 bits per heavy atom. The van der Waals surface area contributed by atoms with Gasteiger partial charge in [-0.2, -0.15) is 10.5 Å². The van der Waals surface area contributed by atoms with E-state index in [9.17, 15) is 81.4 Å². The van der Waals surface area contributed by atoms with Crippen LogP contribution in [0.3, 0.4) is 0 Å². The van der Waals surface area contributed by atoms with Crippen molar-refractivity contribution in [3.05, 3.63) is 355 Å². The Morgan fingerprint density at radius 3 is 0.811 bits per heavy atom. The van der Waals surface area contributed by atoms with E-state index in [1.807, 2.05) is 158 Å². The van der Waals surface area contributed by atoms with Gasteiger partial charge >= 0.3 is 0 Å². The number of aliphatic hydroxyl groups is 12. The fourth-order valence-electron chi connectivity index (χ4n) is 23.8. The Hall–Kier alpha value is -12.9. The summed E-state index contributed by atoms with van der Waals surface area (Å²) in [4.78, 5) is 44.4. The summed E-state index contributed by atoms with van der Waals surface area (Å²) in [6.45, 7) is 14.3. The third kappa shape index (κ3) is 17.8. The number of halogens is 2. The van der Waals surface area contributed by atoms with Crippen LogP contribution in [-0.2, 0) is 54.4 Å². The average molecular weight is 2140 g/mol. The molecule has 4 saturated carbocycles. The molecule has 0 radical (unpaired) electrons. The molecule has 16 N–H and O–H groups in total. The van der Waals surface area contributed by atoms with Crippen molar-refractivity contribution < 1.29 is 109 Å². The van der Waals surface area contributed by atoms with Gasteiger partial charge in [0.15, 0.2) is 44.8 Å². The molecule has 8 aromatic carbocycles. The standard InChI is InChI=1S/C29H29N3O6.C29H31N3O5.C28H29BrN2O6.C28H31BrN2O5/c1-27(2,35)16-32-26(34)22-23(18-7-5-4-6-8-18)29(19-11-9-17(13-30)10-12-19)28(36,25(22)33)24-20(37-3)14-31-15-21(24)38-29;1-27(2,34)17-32-14-21-24(19-7-5-4-6-8-19)29(20-11-9-18(13-30)10-12-20)28(35,26(21)33)25-22(36-3)15-31-16-23(25)37-29;1-26(2,34)15-31-25(33)21-22(16-7-5-4-6-8-16)28(17-9-11-18(29)12-10-17)27(35,24(21)32)23-19(36-3)13-30-14-20(23)37-28;1-26(2,33)16-31-13-20-23(17-7-5-4-6-8-17)28(18-9-11-19(29)12-10-18)27(34,25(20)32)24-21(35-3)14-30-15-22(24)36-28/h4-12,14-15,22-23,25,33,35-36H,16H2,1-3H3,(H,32,34);4-12,15-16,21,24,26,32-35H,14,17H2,1-3H3;4-14,21-22,24,32,34-35H,15H2,1-3H3,(H,31,33);4-12,14-15,20,23,25,31-34H,13,16H2,1-3H3/t22-,23-,25-,28+,29+;21-,24-,26-,28+,29+;21-,22-,24-,27+,28+;20-,23-,25-,27+,28+/m1111/s1. The number of pyridine rings is 4. The zero-order chi connectivity index (χ0) is 106. The molecule has 0 bridgehead atoms. The number of hydrogen-bond acceptors (Lipinski definition) is 30. The lowest BCUT2D eigenvalue weighted by molar-refractivity contribution is -0.154. The normalized spacial score (nSPS) is 28.2. The maximum Gasteiger partial charge on any atom is 0.226 e. The monoisotopic (exact) mass is 2140 g/mol. The van der Waals surface area contributed by atoms with Gasteiger partial charge in [-0.3, -0.25) is 29.5 Å². The van der Waals surface area contributed by atoms with E-state index in [1.165, 1.54) is 71.8 Å². The Bertz CT molecular complexity index is 6910. The molecule has 20 atom stereocenters. The summed E-state index contributed by atoms with van der Waals surface area (Å²) in [6, 6.07) is 70.3. The number of nitrogens with one attached hydrogen (secondary N) is 4. The fraction of sp³-hybridized carbons (Fsp3) is 0.368. The van der Waals surface area contributed by atoms with Crippen LogP contribution in [0.25, 0.3) is 0 Å². The van der Waals surface area contributed by atoms with Crippen molar-refractivity contribution in [3.63, 3.8) is 0 Å². The van der Waals surface area contributed by atoms with Crippen LogP contribution in [0, 0.1) is 46.3 Å². The first-order valence-electron chi connectivity index (χ1n) is 48.5. The predicted molar refractivity (Wildman–Crippen MR) is 550 cm³/mol. The first-order valence-corrected chi connectivity index (χ1v) is 50.1. The first kappa shape index (κ1) is 106. The highest BCUT2D eigenvalue weighted by Crippen LogP contribution is 2.75. The Labute approximate surface area is 873 Å². The van der Waals surface area contributed by atoms with E-state index in [-0.39, 0.29) is 47.2 Å². The van der Waals surface area contributed by atoms with Crippen LogP contribution >= 0.6 is 31.9 Å². The van der Waals surface area contributed by atoms with Crippen molar-refractivity contribution in [1.29, 1.82) is 10.5 Å². The van der Waals surface area contributed by atoms with Gasteiger partial charge in [0.05, 0.1) is 170 Å². The van der Waals surface area contributed by atoms with E-state index in [2.05, 4.69) is 85.2 Å². The number of methoxy groups -OCH3 is 4. The third-order valence-electron chi connectivity index (χ3n) is 29.7. The van der Waals surface area contributed by atoms with Crippen LogP contribution in [0.1, 0.15) is 157 Å². The lowest BCUT2D eigenvalue weighted by atomic mass is 9.70. The number of aliphatic hydroxyl groups excluding tert-OH is 4. The molecule has 4 aliphatic carbocycles. The molecule has 34 heteroatoms. The molecule has 0 spiro atoms. The van der Waals surface area contributed by atoms with Crippen molar-refractivity contribution >= 4 is 43.7 Å². The number of nitrogens with zero attached hydrogens (tertiary/aromatic N) is 6. The zero-order valence-electron chi connectivity index (χ0n) is 83.5. The van der Waals surface area contributed by atoms with Gasteiger partial charge in [-0.15, -0.1) is 0 Å². The highest BCUT2D eigenvalue weighted by Gasteiger charge is 2.82. The molecule has 4 aromatic heterocycles. The molecule has 20 rings (SSSR count). The number of amides is 2. The van der Waals surface area contributed by atoms with Gasteiger partial charge in [0.1, 0.15) is 58.2 Å². The van der Waals surface area contributed by atoms with E-state index in [0.29, 0.717) is 99.2 Å². The molecule has 4 fully saturated rings. The summed E-state index contributed by atoms with van der Waals surface area (Å²) in [5.41, 5.74) is -10.8. The number of benzene rings is 8. The molecule has 0 saturated heterocycles. The molecule has 0 unspecified atom stereocenters. The molecule has 4 aliphatic heterocycles. The number of rotatable bonds is 26. The molecule has 32 nitrogen and oxygen atoms in total. The summed E-state index contributed by atoms with van der Waals surface area (Å²) >= 11 is 6.97. The van der Waals surface area contributed by atoms with Crippen molar-refractivity contribution in [2.24, 2.45) is 23.7 Å². The quantitative estimate of drug-likeness (QED) is 0.0239. The maximum absolute atomic E-state index is 13.8. The highest BCUT2D eigenvalue weighted by atomic mass is 79.9. The number of ether oxygens (including phenoxy) is 8. The topological polar surface area (TPSA) is 498 Å². The van der Waals surface area contributed by atoms with Gasteiger partial charge in [-0.1, -0.05) is 202 Å². The van der Waals surface area contributed by atoms with Crippen LogP contribution < -0.4 is 59.2 Å². The summed E-state index contributed by atoms with van der Waals surface area (Å²) in [6.07, 6.45) is 6.15. The molecule has 148 heavy (non-hydrogen) atoms. The summed E-state index contributed by atoms with van der Waals surface area (Å²) in [5.74, 6) is -4.78. The summed E-state index contributed by atoms with van der Waals surface area (Å²) < 4.78 is 50.8. The summed E-state index contributed by atoms with van der Waals surface area (Å²) in [7, 11) is 5.87. The number of hydrogen-bond donors (Lipinski definition) is 16. The van der Waals surface area contributed by atoms with E-state index in [1.54, 1.807) is 122 Å². The smallest absolute Gasteiger partial charge is 0.226 e. The molecule has 12 aromatic rings. The van der Waals surface area contributed by atoms with Gasteiger partial charge in [0.25, 0.3) is 0 Å². The van der Waals surface area contributed by atoms with Crippen molar-refractivity contribution in [3.8, 4) is 58.1 Å². The zero-order valence-corrected chi connectivity index (χ0v) is 86.6. The number of aromatic nitrogens is 4. The van der Waals surface area contributed by atoms with Crippen molar-refractivity contribution in [2.75, 3.05) is 67.7 Å². The minimum absolute atomic E-state index is 0.0367. The third-order valence-corrected chi connectivity index (χ3v) is 30.8. The van der Waals surface area contributed by atoms with Gasteiger partial charge in [-0.05, 0) is 148 Å². The first-order chi connectivity index (χ1) is 70.4. The number of fused-ring (bicyclic) bond motifs is 12. The number of carbonyl (C=O) groups is 2. The van der Waals surface area contributed by atoms with Gasteiger partial charge < -0.3 is 120 Å². The van der Waals surface area contributed by atoms with Crippen molar-refractivity contribution in [2.45, 2.75) is 171 Å². The highest BCUT2D eigenvalue weighted by molar-refractivity contribution is 9.10. The van der Waals surface area contributed by atoms with E-state index in [0.717, 1.165) is 25.6 Å². The lowest BCUT2D eigenvalue weighted by Gasteiger charge is -2.41. The van der Waals surface area contributed by atoms with Gasteiger partial charge in [0, 0.05) is 83.7 Å². The molecule has 8 heterocycles. The van der Waals surface area contributed by atoms with Gasteiger partial charge in [-0.25, -0.2) is 0 Å². The molecular formula is C114H120Br2N10O22. The Balaban J connectivity index is 0.000000135. The van der Waals surface area contributed by atoms with Crippen LogP contribution in [0.15, 0.2) is 277 Å². The van der Waals surface area contributed by atoms with Crippen molar-refractivity contribution in [1.82, 2.24) is 41.2 Å². The maximum atomic E-state index is 13.8. The summed E-state index contributed by atoms with van der Waals surface area (Å²) in [5, 5.41) is 171. The minimum atomic E-state index is -2.15. The van der Waals surface area contributed by atoms with Crippen LogP contribution in [0.4, 0.5) is 0 Å². The second-order valence-electron chi connectivity index (χ2n) is 41.3. The average Bonchev–Trinajstić information content (AvgIpc) is 1.52. The molecule has 772 valence electrons. The number of nitriles is 2.